The monoisotopic (exact) mass is 383 g/mol. The van der Waals surface area contributed by atoms with Crippen LogP contribution in [-0.4, -0.2) is 32.8 Å². The summed E-state index contributed by atoms with van der Waals surface area (Å²) >= 11 is 1.56. The predicted octanol–water partition coefficient (Wildman–Crippen LogP) is 2.27. The number of hydrogen-bond donors (Lipinski definition) is 1. The zero-order valence-corrected chi connectivity index (χ0v) is 16.3. The highest BCUT2D eigenvalue weighted by Crippen LogP contribution is 2.25. The highest BCUT2D eigenvalue weighted by atomic mass is 35.5. The Bertz CT molecular complexity index is 917. The van der Waals surface area contributed by atoms with Crippen molar-refractivity contribution in [2.75, 3.05) is 7.05 Å². The average molecular weight is 384 g/mol. The molecular formula is C16H22ClN5O2S. The van der Waals surface area contributed by atoms with E-state index < -0.39 is 0 Å². The van der Waals surface area contributed by atoms with Crippen LogP contribution >= 0.6 is 23.7 Å². The van der Waals surface area contributed by atoms with Crippen LogP contribution in [0.15, 0.2) is 15.6 Å². The molecule has 1 atom stereocenters. The molecule has 0 saturated carbocycles. The lowest BCUT2D eigenvalue weighted by Crippen LogP contribution is -2.24. The van der Waals surface area contributed by atoms with Crippen LogP contribution < -0.4 is 10.9 Å². The molecule has 3 heterocycles. The van der Waals surface area contributed by atoms with Gasteiger partial charge in [-0.25, -0.2) is 4.98 Å². The number of rotatable bonds is 6. The van der Waals surface area contributed by atoms with Gasteiger partial charge >= 0.3 is 0 Å². The van der Waals surface area contributed by atoms with Crippen LogP contribution in [0.2, 0.25) is 0 Å². The second-order valence-corrected chi connectivity index (χ2v) is 7.16. The molecule has 0 aliphatic carbocycles. The van der Waals surface area contributed by atoms with Gasteiger partial charge in [-0.2, -0.15) is 4.98 Å². The Morgan fingerprint density at radius 3 is 2.88 bits per heavy atom. The first kappa shape index (κ1) is 19.6. The lowest BCUT2D eigenvalue weighted by molar-refractivity contribution is 0.364. The van der Waals surface area contributed by atoms with Crippen LogP contribution in [-0.2, 0) is 19.4 Å². The summed E-state index contributed by atoms with van der Waals surface area (Å²) in [6, 6.07) is 0.287. The molecule has 0 bridgehead atoms. The summed E-state index contributed by atoms with van der Waals surface area (Å²) in [5.74, 6) is 1.22. The Morgan fingerprint density at radius 2 is 2.16 bits per heavy atom. The van der Waals surface area contributed by atoms with E-state index in [0.717, 1.165) is 15.3 Å². The van der Waals surface area contributed by atoms with Crippen molar-refractivity contribution in [3.05, 3.63) is 38.8 Å². The van der Waals surface area contributed by atoms with Crippen molar-refractivity contribution in [1.29, 1.82) is 0 Å². The summed E-state index contributed by atoms with van der Waals surface area (Å²) in [6.45, 7) is 6.51. The van der Waals surface area contributed by atoms with Gasteiger partial charge in [0.05, 0.1) is 11.7 Å². The fourth-order valence-corrected chi connectivity index (χ4v) is 3.48. The SMILES string of the molecule is CNC(C)Cc1noc(CCn2cnc3sc(C)c(C)c3c2=O)n1.Cl. The van der Waals surface area contributed by atoms with Crippen LogP contribution in [0, 0.1) is 13.8 Å². The number of nitrogens with zero attached hydrogens (tertiary/aromatic N) is 4. The first-order valence-corrected chi connectivity index (χ1v) is 8.75. The fourth-order valence-electron chi connectivity index (χ4n) is 2.50. The van der Waals surface area contributed by atoms with Crippen molar-refractivity contribution >= 4 is 34.0 Å². The quantitative estimate of drug-likeness (QED) is 0.702. The topological polar surface area (TPSA) is 85.8 Å². The predicted molar refractivity (Wildman–Crippen MR) is 101 cm³/mol. The lowest BCUT2D eigenvalue weighted by atomic mass is 10.2. The van der Waals surface area contributed by atoms with Crippen LogP contribution in [0.1, 0.15) is 29.1 Å². The zero-order chi connectivity index (χ0) is 17.3. The third-order valence-corrected chi connectivity index (χ3v) is 5.33. The Hall–Kier alpha value is -1.77. The Morgan fingerprint density at radius 1 is 1.40 bits per heavy atom. The molecule has 0 aliphatic heterocycles. The molecule has 3 aromatic rings. The van der Waals surface area contributed by atoms with Crippen molar-refractivity contribution in [2.24, 2.45) is 0 Å². The van der Waals surface area contributed by atoms with E-state index in [2.05, 4.69) is 27.4 Å². The van der Waals surface area contributed by atoms with Gasteiger partial charge in [0.25, 0.3) is 5.56 Å². The summed E-state index contributed by atoms with van der Waals surface area (Å²) in [6.07, 6.45) is 2.82. The lowest BCUT2D eigenvalue weighted by Gasteiger charge is -2.04. The van der Waals surface area contributed by atoms with E-state index in [0.29, 0.717) is 36.5 Å². The van der Waals surface area contributed by atoms with Crippen LogP contribution in [0.5, 0.6) is 0 Å². The Balaban J connectivity index is 0.00000225. The molecule has 0 amide bonds. The van der Waals surface area contributed by atoms with Crippen molar-refractivity contribution < 1.29 is 4.52 Å². The molecule has 0 radical (unpaired) electrons. The first-order valence-electron chi connectivity index (χ1n) is 7.93. The van der Waals surface area contributed by atoms with E-state index in [1.165, 1.54) is 0 Å². The van der Waals surface area contributed by atoms with Gasteiger partial charge in [0.15, 0.2) is 5.82 Å². The van der Waals surface area contributed by atoms with Crippen molar-refractivity contribution in [1.82, 2.24) is 25.0 Å². The van der Waals surface area contributed by atoms with Crippen LogP contribution in [0.3, 0.4) is 0 Å². The van der Waals surface area contributed by atoms with Crippen LogP contribution in [0.25, 0.3) is 10.2 Å². The molecule has 9 heteroatoms. The third-order valence-electron chi connectivity index (χ3n) is 4.21. The molecule has 0 aliphatic rings. The molecule has 3 rings (SSSR count). The number of halogens is 1. The molecule has 25 heavy (non-hydrogen) atoms. The summed E-state index contributed by atoms with van der Waals surface area (Å²) in [5.41, 5.74) is 1.01. The summed E-state index contributed by atoms with van der Waals surface area (Å²) < 4.78 is 6.88. The smallest absolute Gasteiger partial charge is 0.262 e. The Kier molecular flexibility index (Phi) is 6.31. The van der Waals surface area contributed by atoms with Gasteiger partial charge in [-0.3, -0.25) is 9.36 Å². The molecule has 3 aromatic heterocycles. The number of aromatic nitrogens is 4. The summed E-state index contributed by atoms with van der Waals surface area (Å²) in [5, 5.41) is 7.83. The standard InChI is InChI=1S/C16H21N5O2S.ClH/c1-9(17-4)7-12-19-13(23-20-12)5-6-21-8-18-15-14(16(21)22)10(2)11(3)24-15;/h8-9,17H,5-7H2,1-4H3;1H. The minimum Gasteiger partial charge on any atom is -0.339 e. The number of nitrogens with one attached hydrogen (secondary N) is 1. The maximum atomic E-state index is 12.6. The molecule has 0 saturated heterocycles. The second-order valence-electron chi connectivity index (χ2n) is 5.95. The van der Waals surface area contributed by atoms with E-state index in [-0.39, 0.29) is 24.0 Å². The largest absolute Gasteiger partial charge is 0.339 e. The number of hydrogen-bond acceptors (Lipinski definition) is 7. The zero-order valence-electron chi connectivity index (χ0n) is 14.7. The van der Waals surface area contributed by atoms with Gasteiger partial charge in [-0.05, 0) is 33.4 Å². The number of thiophene rings is 1. The van der Waals surface area contributed by atoms with Gasteiger partial charge in [-0.15, -0.1) is 23.7 Å². The third kappa shape index (κ3) is 4.08. The average Bonchev–Trinajstić information content (AvgIpc) is 3.12. The van der Waals surface area contributed by atoms with E-state index in [1.54, 1.807) is 22.2 Å². The van der Waals surface area contributed by atoms with Crippen molar-refractivity contribution in [3.8, 4) is 0 Å². The molecular weight excluding hydrogens is 362 g/mol. The van der Waals surface area contributed by atoms with Gasteiger partial charge < -0.3 is 9.84 Å². The summed E-state index contributed by atoms with van der Waals surface area (Å²) in [7, 11) is 1.90. The first-order chi connectivity index (χ1) is 11.5. The normalized spacial score (nSPS) is 12.3. The van der Waals surface area contributed by atoms with Crippen LogP contribution in [0.4, 0.5) is 0 Å². The minimum atomic E-state index is -0.00889. The van der Waals surface area contributed by atoms with Gasteiger partial charge in [0, 0.05) is 30.3 Å². The van der Waals surface area contributed by atoms with E-state index in [9.17, 15) is 4.79 Å². The molecule has 1 unspecified atom stereocenters. The van der Waals surface area contributed by atoms with E-state index >= 15 is 0 Å². The maximum Gasteiger partial charge on any atom is 0.262 e. The van der Waals surface area contributed by atoms with Gasteiger partial charge in [0.2, 0.25) is 5.89 Å². The van der Waals surface area contributed by atoms with Gasteiger partial charge in [0.1, 0.15) is 4.83 Å². The highest BCUT2D eigenvalue weighted by molar-refractivity contribution is 7.18. The number of aryl methyl sites for hydroxylation is 4. The maximum absolute atomic E-state index is 12.6. The second kappa shape index (κ2) is 8.07. The molecule has 0 aromatic carbocycles. The molecule has 136 valence electrons. The molecule has 0 spiro atoms. The Labute approximate surface area is 155 Å². The van der Waals surface area contributed by atoms with E-state index in [1.807, 2.05) is 20.9 Å². The van der Waals surface area contributed by atoms with Crippen molar-refractivity contribution in [2.45, 2.75) is 46.2 Å². The molecule has 7 nitrogen and oxygen atoms in total. The molecule has 1 N–H and O–H groups in total. The van der Waals surface area contributed by atoms with Gasteiger partial charge in [-0.1, -0.05) is 5.16 Å². The highest BCUT2D eigenvalue weighted by Gasteiger charge is 2.13. The summed E-state index contributed by atoms with van der Waals surface area (Å²) in [4.78, 5) is 23.3. The molecule has 0 fully saturated rings. The van der Waals surface area contributed by atoms with Crippen molar-refractivity contribution in [3.63, 3.8) is 0 Å². The fraction of sp³-hybridized carbons (Fsp3) is 0.500. The number of fused-ring (bicyclic) bond motifs is 1. The minimum absolute atomic E-state index is 0. The number of likely N-dealkylation sites (N-methyl/N-ethyl adjacent to an activating group) is 1. The van der Waals surface area contributed by atoms with E-state index in [4.69, 9.17) is 4.52 Å².